The molecule has 6 nitrogen and oxygen atoms in total. The van der Waals surface area contributed by atoms with Crippen LogP contribution in [0.2, 0.25) is 0 Å². The summed E-state index contributed by atoms with van der Waals surface area (Å²) in [6.07, 6.45) is 1.33. The van der Waals surface area contributed by atoms with Crippen LogP contribution in [-0.2, 0) is 20.9 Å². The molecule has 0 spiro atoms. The smallest absolute Gasteiger partial charge is 0.305 e. The highest BCUT2D eigenvalue weighted by atomic mass is 19.1. The number of halogens is 1. The minimum absolute atomic E-state index is 0.0286. The Morgan fingerprint density at radius 3 is 2.46 bits per heavy atom. The fourth-order valence-electron chi connectivity index (χ4n) is 3.47. The summed E-state index contributed by atoms with van der Waals surface area (Å²) >= 11 is 0. The van der Waals surface area contributed by atoms with E-state index in [9.17, 15) is 23.9 Å². The van der Waals surface area contributed by atoms with Crippen LogP contribution in [0.25, 0.3) is 0 Å². The van der Waals surface area contributed by atoms with Gasteiger partial charge in [0.25, 0.3) is 0 Å². The van der Waals surface area contributed by atoms with Gasteiger partial charge in [0.15, 0.2) is 5.78 Å². The SMILES string of the molecule is CC(C)C1CC(=O)N(Cc2ccc(F)cc2)C1/C=C/C(=O)C[C@@H](O)CC(=O)O. The molecule has 0 radical (unpaired) electrons. The lowest BCUT2D eigenvalue weighted by atomic mass is 9.88. The van der Waals surface area contributed by atoms with E-state index >= 15 is 0 Å². The first-order valence-corrected chi connectivity index (χ1v) is 9.32. The summed E-state index contributed by atoms with van der Waals surface area (Å²) in [7, 11) is 0. The standard InChI is InChI=1S/C21H26FNO5/c1-13(2)18-11-20(26)23(12-14-3-5-15(22)6-4-14)19(18)8-7-16(24)9-17(25)10-21(27)28/h3-8,13,17-19,25H,9-12H2,1-2H3,(H,27,28)/b8-7+/t17-,18?,19?/m1/s1. The summed E-state index contributed by atoms with van der Waals surface area (Å²) in [5.74, 6) is -1.70. The molecule has 152 valence electrons. The minimum Gasteiger partial charge on any atom is -0.481 e. The average molecular weight is 391 g/mol. The number of hydrogen-bond donors (Lipinski definition) is 2. The summed E-state index contributed by atoms with van der Waals surface area (Å²) in [5, 5.41) is 18.3. The van der Waals surface area contributed by atoms with Crippen LogP contribution < -0.4 is 0 Å². The zero-order valence-corrected chi connectivity index (χ0v) is 16.0. The first-order valence-electron chi connectivity index (χ1n) is 9.32. The highest BCUT2D eigenvalue weighted by molar-refractivity contribution is 5.90. The summed E-state index contributed by atoms with van der Waals surface area (Å²) in [6, 6.07) is 5.64. The maximum absolute atomic E-state index is 13.1. The molecule has 1 fully saturated rings. The number of carboxylic acid groups (broad SMARTS) is 1. The molecule has 1 saturated heterocycles. The topological polar surface area (TPSA) is 94.9 Å². The fourth-order valence-corrected chi connectivity index (χ4v) is 3.47. The lowest BCUT2D eigenvalue weighted by Gasteiger charge is -2.27. The van der Waals surface area contributed by atoms with Crippen molar-refractivity contribution in [2.24, 2.45) is 11.8 Å². The number of carbonyl (C=O) groups is 3. The number of aliphatic hydroxyl groups excluding tert-OH is 1. The molecule has 0 aliphatic carbocycles. The number of allylic oxidation sites excluding steroid dienone is 1. The third kappa shape index (κ3) is 5.99. The van der Waals surface area contributed by atoms with Crippen molar-refractivity contribution in [1.29, 1.82) is 0 Å². The molecule has 1 aromatic rings. The molecular formula is C21H26FNO5. The Balaban J connectivity index is 2.12. The Bertz CT molecular complexity index is 744. The van der Waals surface area contributed by atoms with Crippen molar-refractivity contribution >= 4 is 17.7 Å². The number of rotatable bonds is 9. The molecule has 1 amide bonds. The number of likely N-dealkylation sites (tertiary alicyclic amines) is 1. The normalized spacial score (nSPS) is 20.9. The average Bonchev–Trinajstić information content (AvgIpc) is 2.90. The van der Waals surface area contributed by atoms with Gasteiger partial charge in [0.2, 0.25) is 5.91 Å². The van der Waals surface area contributed by atoms with Gasteiger partial charge < -0.3 is 15.1 Å². The second-order valence-electron chi connectivity index (χ2n) is 7.53. The van der Waals surface area contributed by atoms with E-state index in [1.54, 1.807) is 23.1 Å². The number of carboxylic acids is 1. The molecule has 1 aliphatic heterocycles. The first kappa shape index (κ1) is 21.8. The molecule has 28 heavy (non-hydrogen) atoms. The number of amides is 1. The van der Waals surface area contributed by atoms with E-state index in [2.05, 4.69) is 0 Å². The summed E-state index contributed by atoms with van der Waals surface area (Å²) in [5.41, 5.74) is 0.792. The molecule has 1 heterocycles. The number of nitrogens with zero attached hydrogens (tertiary/aromatic N) is 1. The van der Waals surface area contributed by atoms with Crippen molar-refractivity contribution in [3.8, 4) is 0 Å². The largest absolute Gasteiger partial charge is 0.481 e. The second kappa shape index (κ2) is 9.59. The van der Waals surface area contributed by atoms with Crippen LogP contribution in [0.4, 0.5) is 4.39 Å². The second-order valence-corrected chi connectivity index (χ2v) is 7.53. The van der Waals surface area contributed by atoms with Gasteiger partial charge in [-0.1, -0.05) is 32.1 Å². The van der Waals surface area contributed by atoms with E-state index in [0.717, 1.165) is 5.56 Å². The molecule has 7 heteroatoms. The minimum atomic E-state index is -1.24. The summed E-state index contributed by atoms with van der Waals surface area (Å²) in [4.78, 5) is 36.9. The quantitative estimate of drug-likeness (QED) is 0.631. The summed E-state index contributed by atoms with van der Waals surface area (Å²) in [6.45, 7) is 4.34. The number of hydrogen-bond acceptors (Lipinski definition) is 4. The molecule has 2 rings (SSSR count). The number of ketones is 1. The molecule has 0 aromatic heterocycles. The summed E-state index contributed by atoms with van der Waals surface area (Å²) < 4.78 is 13.1. The van der Waals surface area contributed by atoms with Crippen molar-refractivity contribution in [1.82, 2.24) is 4.90 Å². The van der Waals surface area contributed by atoms with E-state index in [1.165, 1.54) is 18.2 Å². The van der Waals surface area contributed by atoms with Crippen molar-refractivity contribution in [3.05, 3.63) is 47.8 Å². The first-order chi connectivity index (χ1) is 13.2. The Morgan fingerprint density at radius 1 is 1.25 bits per heavy atom. The van der Waals surface area contributed by atoms with Gasteiger partial charge in [0.05, 0.1) is 18.6 Å². The highest BCUT2D eigenvalue weighted by Gasteiger charge is 2.39. The maximum Gasteiger partial charge on any atom is 0.305 e. The Morgan fingerprint density at radius 2 is 1.89 bits per heavy atom. The van der Waals surface area contributed by atoms with Crippen molar-refractivity contribution in [2.45, 2.75) is 51.8 Å². The number of benzene rings is 1. The lowest BCUT2D eigenvalue weighted by molar-refractivity contribution is -0.139. The number of aliphatic carboxylic acids is 1. The monoisotopic (exact) mass is 391 g/mol. The van der Waals surface area contributed by atoms with E-state index < -0.39 is 24.3 Å². The van der Waals surface area contributed by atoms with E-state index in [-0.39, 0.29) is 36.0 Å². The van der Waals surface area contributed by atoms with E-state index in [4.69, 9.17) is 5.11 Å². The molecule has 1 aliphatic rings. The third-order valence-corrected chi connectivity index (χ3v) is 4.98. The van der Waals surface area contributed by atoms with Crippen LogP contribution >= 0.6 is 0 Å². The predicted octanol–water partition coefficient (Wildman–Crippen LogP) is 2.55. The number of aliphatic hydroxyl groups is 1. The molecule has 2 unspecified atom stereocenters. The number of carbonyl (C=O) groups excluding carboxylic acids is 2. The van der Waals surface area contributed by atoms with Crippen LogP contribution in [0, 0.1) is 17.7 Å². The van der Waals surface area contributed by atoms with Gasteiger partial charge in [-0.25, -0.2) is 4.39 Å². The lowest BCUT2D eigenvalue weighted by Crippen LogP contribution is -2.34. The molecular weight excluding hydrogens is 365 g/mol. The highest BCUT2D eigenvalue weighted by Crippen LogP contribution is 2.33. The zero-order valence-electron chi connectivity index (χ0n) is 16.0. The van der Waals surface area contributed by atoms with Gasteiger partial charge in [0.1, 0.15) is 5.82 Å². The van der Waals surface area contributed by atoms with Gasteiger partial charge in [0, 0.05) is 19.4 Å². The van der Waals surface area contributed by atoms with Gasteiger partial charge in [-0.2, -0.15) is 0 Å². The van der Waals surface area contributed by atoms with Crippen LogP contribution in [0.1, 0.15) is 38.7 Å². The van der Waals surface area contributed by atoms with Crippen molar-refractivity contribution in [3.63, 3.8) is 0 Å². The van der Waals surface area contributed by atoms with E-state index in [0.29, 0.717) is 13.0 Å². The van der Waals surface area contributed by atoms with Crippen LogP contribution in [0.3, 0.4) is 0 Å². The Kier molecular flexibility index (Phi) is 7.45. The molecule has 3 atom stereocenters. The van der Waals surface area contributed by atoms with Gasteiger partial charge in [-0.05, 0) is 35.6 Å². The van der Waals surface area contributed by atoms with Gasteiger partial charge in [-0.15, -0.1) is 0 Å². The molecule has 2 N–H and O–H groups in total. The zero-order chi connectivity index (χ0) is 20.8. The van der Waals surface area contributed by atoms with E-state index in [1.807, 2.05) is 13.8 Å². The predicted molar refractivity (Wildman–Crippen MR) is 101 cm³/mol. The van der Waals surface area contributed by atoms with Crippen molar-refractivity contribution < 1.29 is 29.0 Å². The Hall–Kier alpha value is -2.54. The molecule has 0 bridgehead atoms. The van der Waals surface area contributed by atoms with Gasteiger partial charge >= 0.3 is 5.97 Å². The fraction of sp³-hybridized carbons (Fsp3) is 0.476. The maximum atomic E-state index is 13.1. The molecule has 1 aromatic carbocycles. The van der Waals surface area contributed by atoms with Crippen LogP contribution in [0.15, 0.2) is 36.4 Å². The van der Waals surface area contributed by atoms with Crippen LogP contribution in [-0.4, -0.2) is 44.9 Å². The molecule has 0 saturated carbocycles. The van der Waals surface area contributed by atoms with Gasteiger partial charge in [-0.3, -0.25) is 14.4 Å². The third-order valence-electron chi connectivity index (χ3n) is 4.98. The Labute approximate surface area is 163 Å². The van der Waals surface area contributed by atoms with Crippen molar-refractivity contribution in [2.75, 3.05) is 0 Å². The van der Waals surface area contributed by atoms with Crippen LogP contribution in [0.5, 0.6) is 0 Å².